The Morgan fingerprint density at radius 2 is 2.00 bits per heavy atom. The highest BCUT2D eigenvalue weighted by Crippen LogP contribution is 2.34. The van der Waals surface area contributed by atoms with Gasteiger partial charge in [0.2, 0.25) is 0 Å². The van der Waals surface area contributed by atoms with Crippen molar-refractivity contribution in [1.82, 2.24) is 10.3 Å². The van der Waals surface area contributed by atoms with Crippen molar-refractivity contribution in [2.45, 2.75) is 39.2 Å². The Balaban J connectivity index is 2.25. The maximum atomic E-state index is 4.11. The van der Waals surface area contributed by atoms with E-state index in [0.29, 0.717) is 12.0 Å². The van der Waals surface area contributed by atoms with Gasteiger partial charge in [0.05, 0.1) is 0 Å². The summed E-state index contributed by atoms with van der Waals surface area (Å²) in [5, 5.41) is 5.89. The first-order chi connectivity index (χ1) is 9.24. The first-order valence-electron chi connectivity index (χ1n) is 6.91. The van der Waals surface area contributed by atoms with Crippen molar-refractivity contribution in [1.29, 1.82) is 0 Å². The standard InChI is InChI=1S/C16H22N2S/c1-4-8-18-15(16-12(2)7-11-19-16)13(3)14-5-9-17-10-6-14/h5-7,9-11,13,15,18H,4,8H2,1-3H3. The second-order valence-corrected chi connectivity index (χ2v) is 5.92. The molecule has 3 heteroatoms. The van der Waals surface area contributed by atoms with Gasteiger partial charge in [0.1, 0.15) is 0 Å². The van der Waals surface area contributed by atoms with Crippen LogP contribution in [0.3, 0.4) is 0 Å². The van der Waals surface area contributed by atoms with Crippen molar-refractivity contribution in [2.75, 3.05) is 6.54 Å². The molecule has 0 aliphatic carbocycles. The molecule has 2 rings (SSSR count). The van der Waals surface area contributed by atoms with Crippen molar-refractivity contribution in [3.8, 4) is 0 Å². The van der Waals surface area contributed by atoms with Crippen LogP contribution in [0.5, 0.6) is 0 Å². The summed E-state index contributed by atoms with van der Waals surface area (Å²) in [6.45, 7) is 7.76. The van der Waals surface area contributed by atoms with Gasteiger partial charge in [-0.1, -0.05) is 13.8 Å². The van der Waals surface area contributed by atoms with Gasteiger partial charge < -0.3 is 5.32 Å². The molecule has 0 saturated carbocycles. The van der Waals surface area contributed by atoms with Gasteiger partial charge in [-0.3, -0.25) is 4.98 Å². The molecule has 2 atom stereocenters. The summed E-state index contributed by atoms with van der Waals surface area (Å²) in [7, 11) is 0. The molecule has 0 amide bonds. The minimum absolute atomic E-state index is 0.391. The van der Waals surface area contributed by atoms with Crippen molar-refractivity contribution in [3.05, 3.63) is 52.0 Å². The molecule has 2 aromatic heterocycles. The first-order valence-corrected chi connectivity index (χ1v) is 7.79. The van der Waals surface area contributed by atoms with Crippen LogP contribution in [-0.2, 0) is 0 Å². The largest absolute Gasteiger partial charge is 0.309 e. The Morgan fingerprint density at radius 1 is 1.26 bits per heavy atom. The molecule has 2 heterocycles. The summed E-state index contributed by atoms with van der Waals surface area (Å²) in [5.41, 5.74) is 2.73. The van der Waals surface area contributed by atoms with E-state index in [1.807, 2.05) is 23.7 Å². The van der Waals surface area contributed by atoms with E-state index >= 15 is 0 Å². The Morgan fingerprint density at radius 3 is 2.58 bits per heavy atom. The Bertz CT molecular complexity index is 492. The summed E-state index contributed by atoms with van der Waals surface area (Å²) < 4.78 is 0. The van der Waals surface area contributed by atoms with Crippen LogP contribution in [0, 0.1) is 6.92 Å². The highest BCUT2D eigenvalue weighted by molar-refractivity contribution is 7.10. The van der Waals surface area contributed by atoms with E-state index in [0.717, 1.165) is 13.0 Å². The Kier molecular flexibility index (Phi) is 5.11. The molecule has 0 radical (unpaired) electrons. The fourth-order valence-corrected chi connectivity index (χ4v) is 3.47. The highest BCUT2D eigenvalue weighted by Gasteiger charge is 2.22. The molecule has 19 heavy (non-hydrogen) atoms. The van der Waals surface area contributed by atoms with Crippen LogP contribution in [0.25, 0.3) is 0 Å². The van der Waals surface area contributed by atoms with Crippen LogP contribution < -0.4 is 5.32 Å². The van der Waals surface area contributed by atoms with Gasteiger partial charge in [0, 0.05) is 29.2 Å². The molecule has 0 spiro atoms. The lowest BCUT2D eigenvalue weighted by Gasteiger charge is -2.25. The van der Waals surface area contributed by atoms with Gasteiger partial charge in [0.15, 0.2) is 0 Å². The van der Waals surface area contributed by atoms with Crippen molar-refractivity contribution < 1.29 is 0 Å². The Labute approximate surface area is 119 Å². The number of hydrogen-bond donors (Lipinski definition) is 1. The molecule has 102 valence electrons. The SMILES string of the molecule is CCCNC(c1sccc1C)C(C)c1ccncc1. The lowest BCUT2D eigenvalue weighted by atomic mass is 9.91. The van der Waals surface area contributed by atoms with Gasteiger partial charge in [-0.25, -0.2) is 0 Å². The van der Waals surface area contributed by atoms with Crippen LogP contribution in [0.1, 0.15) is 48.2 Å². The van der Waals surface area contributed by atoms with Crippen LogP contribution in [0.4, 0.5) is 0 Å². The average molecular weight is 274 g/mol. The van der Waals surface area contributed by atoms with Crippen molar-refractivity contribution in [3.63, 3.8) is 0 Å². The third kappa shape index (κ3) is 3.43. The number of aromatic nitrogens is 1. The summed E-state index contributed by atoms with van der Waals surface area (Å²) in [4.78, 5) is 5.57. The zero-order valence-electron chi connectivity index (χ0n) is 11.9. The van der Waals surface area contributed by atoms with Gasteiger partial charge in [0.25, 0.3) is 0 Å². The summed E-state index contributed by atoms with van der Waals surface area (Å²) >= 11 is 1.85. The molecule has 2 unspecified atom stereocenters. The molecule has 2 aromatic rings. The van der Waals surface area contributed by atoms with Gasteiger partial charge in [-0.15, -0.1) is 11.3 Å². The van der Waals surface area contributed by atoms with Gasteiger partial charge in [-0.2, -0.15) is 0 Å². The van der Waals surface area contributed by atoms with Crippen LogP contribution in [0.15, 0.2) is 36.0 Å². The highest BCUT2D eigenvalue weighted by atomic mass is 32.1. The number of pyridine rings is 1. The van der Waals surface area contributed by atoms with Crippen molar-refractivity contribution in [2.24, 2.45) is 0 Å². The maximum absolute atomic E-state index is 4.11. The molecule has 0 aromatic carbocycles. The zero-order valence-corrected chi connectivity index (χ0v) is 12.7. The third-order valence-corrected chi connectivity index (χ3v) is 4.63. The minimum Gasteiger partial charge on any atom is -0.309 e. The van der Waals surface area contributed by atoms with E-state index < -0.39 is 0 Å². The molecular formula is C16H22N2S. The van der Waals surface area contributed by atoms with E-state index in [2.05, 4.69) is 54.7 Å². The van der Waals surface area contributed by atoms with E-state index in [9.17, 15) is 0 Å². The fourth-order valence-electron chi connectivity index (χ4n) is 2.36. The topological polar surface area (TPSA) is 24.9 Å². The molecule has 0 aliphatic heterocycles. The summed E-state index contributed by atoms with van der Waals surface area (Å²) in [6, 6.07) is 6.84. The lowest BCUT2D eigenvalue weighted by molar-refractivity contribution is 0.471. The fraction of sp³-hybridized carbons (Fsp3) is 0.438. The Hall–Kier alpha value is -1.19. The number of aryl methyl sites for hydroxylation is 1. The van der Waals surface area contributed by atoms with Crippen molar-refractivity contribution >= 4 is 11.3 Å². The number of nitrogens with zero attached hydrogens (tertiary/aromatic N) is 1. The normalized spacial score (nSPS) is 14.3. The number of rotatable bonds is 6. The van der Waals surface area contributed by atoms with E-state index in [4.69, 9.17) is 0 Å². The summed E-state index contributed by atoms with van der Waals surface area (Å²) in [5.74, 6) is 0.451. The monoisotopic (exact) mass is 274 g/mol. The molecule has 0 aliphatic rings. The smallest absolute Gasteiger partial charge is 0.0484 e. The quantitative estimate of drug-likeness (QED) is 0.849. The lowest BCUT2D eigenvalue weighted by Crippen LogP contribution is -2.26. The van der Waals surface area contributed by atoms with E-state index in [1.165, 1.54) is 16.0 Å². The molecule has 2 nitrogen and oxygen atoms in total. The first kappa shape index (κ1) is 14.2. The number of thiophene rings is 1. The van der Waals surface area contributed by atoms with Gasteiger partial charge >= 0.3 is 0 Å². The van der Waals surface area contributed by atoms with E-state index in [1.54, 1.807) is 0 Å². The molecule has 0 fully saturated rings. The molecule has 1 N–H and O–H groups in total. The zero-order chi connectivity index (χ0) is 13.7. The predicted octanol–water partition coefficient (Wildman–Crippen LogP) is 4.30. The van der Waals surface area contributed by atoms with Crippen LogP contribution >= 0.6 is 11.3 Å². The van der Waals surface area contributed by atoms with Crippen LogP contribution in [0.2, 0.25) is 0 Å². The second kappa shape index (κ2) is 6.83. The number of nitrogens with one attached hydrogen (secondary N) is 1. The number of hydrogen-bond acceptors (Lipinski definition) is 3. The van der Waals surface area contributed by atoms with Gasteiger partial charge in [-0.05, 0) is 54.6 Å². The maximum Gasteiger partial charge on any atom is 0.0484 e. The molecule has 0 saturated heterocycles. The molecular weight excluding hydrogens is 252 g/mol. The van der Waals surface area contributed by atoms with Crippen LogP contribution in [-0.4, -0.2) is 11.5 Å². The minimum atomic E-state index is 0.391. The average Bonchev–Trinajstić information content (AvgIpc) is 2.86. The summed E-state index contributed by atoms with van der Waals surface area (Å²) in [6.07, 6.45) is 4.91. The third-order valence-electron chi connectivity index (χ3n) is 3.53. The van der Waals surface area contributed by atoms with E-state index in [-0.39, 0.29) is 0 Å². The molecule has 0 bridgehead atoms. The second-order valence-electron chi connectivity index (χ2n) is 4.97. The predicted molar refractivity (Wildman–Crippen MR) is 82.7 cm³/mol.